The minimum atomic E-state index is 0.599. The molecule has 2 heterocycles. The van der Waals surface area contributed by atoms with Crippen LogP contribution in [0, 0.1) is 0 Å². The molecule has 1 aromatic carbocycles. The Labute approximate surface area is 117 Å². The van der Waals surface area contributed by atoms with E-state index < -0.39 is 0 Å². The molecule has 0 atom stereocenters. The van der Waals surface area contributed by atoms with E-state index in [4.69, 9.17) is 16.1 Å². The van der Waals surface area contributed by atoms with Crippen LogP contribution < -0.4 is 4.90 Å². The molecular formula is C14H16ClN3O. The van der Waals surface area contributed by atoms with Crippen molar-refractivity contribution in [3.05, 3.63) is 29.3 Å². The first-order chi connectivity index (χ1) is 9.33. The first-order valence-electron chi connectivity index (χ1n) is 6.67. The van der Waals surface area contributed by atoms with Crippen LogP contribution in [-0.4, -0.2) is 23.2 Å². The van der Waals surface area contributed by atoms with Crippen LogP contribution in [-0.2, 0) is 0 Å². The van der Waals surface area contributed by atoms with Gasteiger partial charge in [0.15, 0.2) is 0 Å². The molecule has 0 spiro atoms. The van der Waals surface area contributed by atoms with Crippen LogP contribution in [0.2, 0.25) is 5.02 Å². The van der Waals surface area contributed by atoms with E-state index in [2.05, 4.69) is 15.0 Å². The Hall–Kier alpha value is -1.55. The van der Waals surface area contributed by atoms with Gasteiger partial charge in [-0.15, -0.1) is 0 Å². The average Bonchev–Trinajstić information content (AvgIpc) is 2.75. The fraction of sp³-hybridized carbons (Fsp3) is 0.429. The van der Waals surface area contributed by atoms with Gasteiger partial charge in [-0.25, -0.2) is 0 Å². The molecule has 0 amide bonds. The maximum atomic E-state index is 5.98. The zero-order chi connectivity index (χ0) is 13.1. The number of nitrogens with zero attached hydrogens (tertiary/aromatic N) is 3. The molecule has 0 saturated carbocycles. The molecule has 19 heavy (non-hydrogen) atoms. The Morgan fingerprint density at radius 2 is 1.89 bits per heavy atom. The van der Waals surface area contributed by atoms with Crippen LogP contribution in [0.4, 0.5) is 6.01 Å². The lowest BCUT2D eigenvalue weighted by Gasteiger charge is -2.15. The lowest BCUT2D eigenvalue weighted by atomic mass is 10.2. The molecule has 5 heteroatoms. The van der Waals surface area contributed by atoms with E-state index in [1.54, 1.807) is 0 Å². The van der Waals surface area contributed by atoms with Gasteiger partial charge >= 0.3 is 6.01 Å². The summed E-state index contributed by atoms with van der Waals surface area (Å²) in [6.07, 6.45) is 4.95. The first kappa shape index (κ1) is 12.5. The summed E-state index contributed by atoms with van der Waals surface area (Å²) in [7, 11) is 0. The van der Waals surface area contributed by atoms with Crippen LogP contribution in [0.5, 0.6) is 0 Å². The standard InChI is InChI=1S/C14H16ClN3O/c15-12-7-5-6-11(10-12)13-16-14(19-17-13)18-8-3-1-2-4-9-18/h5-7,10H,1-4,8-9H2. The maximum Gasteiger partial charge on any atom is 0.324 e. The Morgan fingerprint density at radius 3 is 2.63 bits per heavy atom. The molecule has 1 aliphatic heterocycles. The van der Waals surface area contributed by atoms with Crippen molar-refractivity contribution < 1.29 is 4.52 Å². The van der Waals surface area contributed by atoms with Gasteiger partial charge in [0.1, 0.15) is 0 Å². The molecule has 0 unspecified atom stereocenters. The van der Waals surface area contributed by atoms with Crippen LogP contribution >= 0.6 is 11.6 Å². The second-order valence-corrected chi connectivity index (χ2v) is 5.25. The van der Waals surface area contributed by atoms with Crippen molar-refractivity contribution in [2.45, 2.75) is 25.7 Å². The fourth-order valence-electron chi connectivity index (χ4n) is 2.35. The second kappa shape index (κ2) is 5.61. The van der Waals surface area contributed by atoms with E-state index in [0.29, 0.717) is 16.9 Å². The van der Waals surface area contributed by atoms with Crippen molar-refractivity contribution in [2.75, 3.05) is 18.0 Å². The van der Waals surface area contributed by atoms with E-state index >= 15 is 0 Å². The number of hydrogen-bond donors (Lipinski definition) is 0. The van der Waals surface area contributed by atoms with E-state index in [-0.39, 0.29) is 0 Å². The molecule has 1 aromatic heterocycles. The summed E-state index contributed by atoms with van der Waals surface area (Å²) < 4.78 is 5.38. The van der Waals surface area contributed by atoms with Crippen molar-refractivity contribution in [1.82, 2.24) is 10.1 Å². The summed E-state index contributed by atoms with van der Waals surface area (Å²) in [5.74, 6) is 0.599. The number of anilines is 1. The third-order valence-electron chi connectivity index (χ3n) is 3.37. The minimum absolute atomic E-state index is 0.599. The highest BCUT2D eigenvalue weighted by Crippen LogP contribution is 2.24. The van der Waals surface area contributed by atoms with Gasteiger partial charge in [-0.2, -0.15) is 4.98 Å². The SMILES string of the molecule is Clc1cccc(-c2noc(N3CCCCCC3)n2)c1. The van der Waals surface area contributed by atoms with Gasteiger partial charge in [-0.1, -0.05) is 41.7 Å². The van der Waals surface area contributed by atoms with Crippen molar-refractivity contribution in [2.24, 2.45) is 0 Å². The number of benzene rings is 1. The molecule has 0 bridgehead atoms. The Morgan fingerprint density at radius 1 is 1.11 bits per heavy atom. The van der Waals surface area contributed by atoms with Crippen molar-refractivity contribution >= 4 is 17.6 Å². The predicted octanol–water partition coefficient (Wildman–Crippen LogP) is 3.77. The zero-order valence-corrected chi connectivity index (χ0v) is 11.4. The molecule has 1 saturated heterocycles. The van der Waals surface area contributed by atoms with Crippen LogP contribution in [0.3, 0.4) is 0 Å². The average molecular weight is 278 g/mol. The third kappa shape index (κ3) is 2.89. The molecule has 3 rings (SSSR count). The molecule has 0 aliphatic carbocycles. The van der Waals surface area contributed by atoms with Crippen molar-refractivity contribution in [3.63, 3.8) is 0 Å². The number of aromatic nitrogens is 2. The van der Waals surface area contributed by atoms with Gasteiger partial charge in [-0.05, 0) is 25.0 Å². The molecule has 1 aliphatic rings. The summed E-state index contributed by atoms with van der Waals surface area (Å²) in [6.45, 7) is 1.99. The summed E-state index contributed by atoms with van der Waals surface area (Å²) in [4.78, 5) is 6.65. The van der Waals surface area contributed by atoms with E-state index in [1.807, 2.05) is 24.3 Å². The van der Waals surface area contributed by atoms with Crippen LogP contribution in [0.25, 0.3) is 11.4 Å². The zero-order valence-electron chi connectivity index (χ0n) is 10.7. The van der Waals surface area contributed by atoms with Crippen molar-refractivity contribution in [1.29, 1.82) is 0 Å². The quantitative estimate of drug-likeness (QED) is 0.838. The van der Waals surface area contributed by atoms with E-state index in [9.17, 15) is 0 Å². The number of rotatable bonds is 2. The summed E-state index contributed by atoms with van der Waals surface area (Å²) in [5, 5.41) is 4.73. The predicted molar refractivity (Wildman–Crippen MR) is 75.4 cm³/mol. The highest BCUT2D eigenvalue weighted by Gasteiger charge is 2.17. The van der Waals surface area contributed by atoms with Gasteiger partial charge < -0.3 is 9.42 Å². The highest BCUT2D eigenvalue weighted by molar-refractivity contribution is 6.30. The summed E-state index contributed by atoms with van der Waals surface area (Å²) in [6, 6.07) is 8.12. The van der Waals surface area contributed by atoms with Crippen LogP contribution in [0.1, 0.15) is 25.7 Å². The van der Waals surface area contributed by atoms with Gasteiger partial charge in [0.05, 0.1) is 0 Å². The molecule has 100 valence electrons. The Bertz CT molecular complexity index is 547. The minimum Gasteiger partial charge on any atom is -0.324 e. The third-order valence-corrected chi connectivity index (χ3v) is 3.61. The van der Waals surface area contributed by atoms with E-state index in [0.717, 1.165) is 18.7 Å². The highest BCUT2D eigenvalue weighted by atomic mass is 35.5. The Balaban J connectivity index is 1.82. The lowest BCUT2D eigenvalue weighted by Crippen LogP contribution is -2.24. The lowest BCUT2D eigenvalue weighted by molar-refractivity contribution is 0.414. The van der Waals surface area contributed by atoms with Gasteiger partial charge in [0.2, 0.25) is 5.82 Å². The monoisotopic (exact) mass is 277 g/mol. The normalized spacial score (nSPS) is 16.4. The topological polar surface area (TPSA) is 42.2 Å². The number of halogens is 1. The van der Waals surface area contributed by atoms with Crippen LogP contribution in [0.15, 0.2) is 28.8 Å². The summed E-state index contributed by atoms with van der Waals surface area (Å²) in [5.41, 5.74) is 0.886. The molecule has 2 aromatic rings. The fourth-order valence-corrected chi connectivity index (χ4v) is 2.54. The molecule has 1 fully saturated rings. The molecular weight excluding hydrogens is 262 g/mol. The second-order valence-electron chi connectivity index (χ2n) is 4.81. The number of hydrogen-bond acceptors (Lipinski definition) is 4. The van der Waals surface area contributed by atoms with Gasteiger partial charge in [0, 0.05) is 23.7 Å². The van der Waals surface area contributed by atoms with E-state index in [1.165, 1.54) is 25.7 Å². The molecule has 4 nitrogen and oxygen atoms in total. The van der Waals surface area contributed by atoms with Crippen molar-refractivity contribution in [3.8, 4) is 11.4 Å². The first-order valence-corrected chi connectivity index (χ1v) is 7.05. The summed E-state index contributed by atoms with van der Waals surface area (Å²) >= 11 is 5.98. The Kier molecular flexibility index (Phi) is 3.69. The molecule has 0 radical (unpaired) electrons. The van der Waals surface area contributed by atoms with Gasteiger partial charge in [0.25, 0.3) is 0 Å². The largest absolute Gasteiger partial charge is 0.324 e. The smallest absolute Gasteiger partial charge is 0.324 e. The van der Waals surface area contributed by atoms with Gasteiger partial charge in [-0.3, -0.25) is 0 Å². The molecule has 0 N–H and O–H groups in total. The maximum absolute atomic E-state index is 5.98.